The molecule has 4 aromatic rings. The Hall–Kier alpha value is -3.98. The first-order valence-corrected chi connectivity index (χ1v) is 10.6. The second-order valence-electron chi connectivity index (χ2n) is 7.87. The molecule has 0 unspecified atom stereocenters. The van der Waals surface area contributed by atoms with Gasteiger partial charge in [0, 0.05) is 35.7 Å². The van der Waals surface area contributed by atoms with Crippen molar-refractivity contribution in [1.82, 2.24) is 19.6 Å². The van der Waals surface area contributed by atoms with Crippen molar-refractivity contribution in [3.05, 3.63) is 60.4 Å². The lowest BCUT2D eigenvalue weighted by atomic mass is 10.1. The largest absolute Gasteiger partial charge is 0.378 e. The number of hydrogen-bond donors (Lipinski definition) is 2. The van der Waals surface area contributed by atoms with Crippen LogP contribution < -0.4 is 15.5 Å². The fourth-order valence-electron chi connectivity index (χ4n) is 4.16. The predicted octanol–water partition coefficient (Wildman–Crippen LogP) is 2.87. The quantitative estimate of drug-likeness (QED) is 0.517. The lowest BCUT2D eigenvalue weighted by Gasteiger charge is -2.28. The third-order valence-corrected chi connectivity index (χ3v) is 5.77. The van der Waals surface area contributed by atoms with Gasteiger partial charge in [-0.2, -0.15) is 4.98 Å². The molecule has 9 nitrogen and oxygen atoms in total. The number of anilines is 4. The maximum Gasteiger partial charge on any atom is 0.247 e. The highest BCUT2D eigenvalue weighted by Gasteiger charge is 2.18. The van der Waals surface area contributed by atoms with E-state index >= 15 is 0 Å². The molecule has 0 aliphatic carbocycles. The SMILES string of the molecule is O=C1Cc2cc(Nc3nc4cncc(-c5ccc(N6CCOCC6)cc5)n4n3)ccc2N1. The minimum Gasteiger partial charge on any atom is -0.378 e. The summed E-state index contributed by atoms with van der Waals surface area (Å²) >= 11 is 0. The number of rotatable bonds is 4. The van der Waals surface area contributed by atoms with E-state index in [1.54, 1.807) is 16.9 Å². The van der Waals surface area contributed by atoms with Gasteiger partial charge in [-0.3, -0.25) is 9.78 Å². The van der Waals surface area contributed by atoms with E-state index in [0.29, 0.717) is 18.0 Å². The molecule has 2 aliphatic heterocycles. The Morgan fingerprint density at radius 2 is 1.88 bits per heavy atom. The van der Waals surface area contributed by atoms with Gasteiger partial charge in [-0.25, -0.2) is 4.52 Å². The van der Waals surface area contributed by atoms with Gasteiger partial charge in [0.25, 0.3) is 0 Å². The molecule has 160 valence electrons. The van der Waals surface area contributed by atoms with Crippen molar-refractivity contribution in [3.8, 4) is 11.3 Å². The topological polar surface area (TPSA) is 96.7 Å². The molecule has 2 aliphatic rings. The van der Waals surface area contributed by atoms with Gasteiger partial charge < -0.3 is 20.3 Å². The molecule has 4 heterocycles. The van der Waals surface area contributed by atoms with E-state index < -0.39 is 0 Å². The molecule has 0 saturated carbocycles. The van der Waals surface area contributed by atoms with Crippen LogP contribution in [0.1, 0.15) is 5.56 Å². The highest BCUT2D eigenvalue weighted by atomic mass is 16.5. The number of morpholine rings is 1. The van der Waals surface area contributed by atoms with Gasteiger partial charge in [0.15, 0.2) is 5.65 Å². The number of carbonyl (C=O) groups excluding carboxylic acids is 1. The van der Waals surface area contributed by atoms with Crippen LogP contribution in [0.3, 0.4) is 0 Å². The molecule has 1 amide bonds. The first-order valence-electron chi connectivity index (χ1n) is 10.6. The number of nitrogens with one attached hydrogen (secondary N) is 2. The molecule has 1 saturated heterocycles. The predicted molar refractivity (Wildman–Crippen MR) is 121 cm³/mol. The Kier molecular flexibility index (Phi) is 4.46. The van der Waals surface area contributed by atoms with E-state index in [1.165, 1.54) is 5.69 Å². The lowest BCUT2D eigenvalue weighted by molar-refractivity contribution is -0.115. The van der Waals surface area contributed by atoms with Crippen LogP contribution in [0.5, 0.6) is 0 Å². The van der Waals surface area contributed by atoms with E-state index in [2.05, 4.69) is 54.9 Å². The zero-order valence-electron chi connectivity index (χ0n) is 17.3. The summed E-state index contributed by atoms with van der Waals surface area (Å²) in [5.41, 5.74) is 6.37. The normalized spacial score (nSPS) is 15.6. The Morgan fingerprint density at radius 3 is 2.72 bits per heavy atom. The fourth-order valence-corrected chi connectivity index (χ4v) is 4.16. The number of fused-ring (bicyclic) bond motifs is 2. The molecule has 1 fully saturated rings. The van der Waals surface area contributed by atoms with E-state index in [-0.39, 0.29) is 5.91 Å². The van der Waals surface area contributed by atoms with Gasteiger partial charge in [0.05, 0.1) is 37.7 Å². The van der Waals surface area contributed by atoms with Crippen molar-refractivity contribution in [1.29, 1.82) is 0 Å². The smallest absolute Gasteiger partial charge is 0.247 e. The average molecular weight is 427 g/mol. The number of amides is 1. The Bertz CT molecular complexity index is 1310. The summed E-state index contributed by atoms with van der Waals surface area (Å²) in [7, 11) is 0. The molecule has 2 N–H and O–H groups in total. The van der Waals surface area contributed by atoms with Crippen LogP contribution in [0.4, 0.5) is 23.0 Å². The minimum absolute atomic E-state index is 0.0124. The highest BCUT2D eigenvalue weighted by Crippen LogP contribution is 2.28. The summed E-state index contributed by atoms with van der Waals surface area (Å²) in [5, 5.41) is 10.7. The zero-order valence-corrected chi connectivity index (χ0v) is 17.3. The second-order valence-corrected chi connectivity index (χ2v) is 7.87. The van der Waals surface area contributed by atoms with Gasteiger partial charge in [0.2, 0.25) is 11.9 Å². The minimum atomic E-state index is 0.0124. The molecule has 0 atom stereocenters. The maximum atomic E-state index is 11.6. The first-order chi connectivity index (χ1) is 15.7. The molecule has 0 spiro atoms. The molecule has 0 radical (unpaired) electrons. The average Bonchev–Trinajstić information content (AvgIpc) is 3.41. The summed E-state index contributed by atoms with van der Waals surface area (Å²) < 4.78 is 7.23. The maximum absolute atomic E-state index is 11.6. The summed E-state index contributed by atoms with van der Waals surface area (Å²) in [6.07, 6.45) is 3.87. The van der Waals surface area contributed by atoms with Gasteiger partial charge in [-0.05, 0) is 35.9 Å². The molecular formula is C23H21N7O2. The van der Waals surface area contributed by atoms with E-state index in [0.717, 1.165) is 54.5 Å². The van der Waals surface area contributed by atoms with Crippen molar-refractivity contribution in [2.45, 2.75) is 6.42 Å². The molecule has 2 aromatic heterocycles. The van der Waals surface area contributed by atoms with Gasteiger partial charge in [0.1, 0.15) is 0 Å². The molecule has 9 heteroatoms. The fraction of sp³-hybridized carbons (Fsp3) is 0.217. The monoisotopic (exact) mass is 427 g/mol. The van der Waals surface area contributed by atoms with Crippen LogP contribution in [0.15, 0.2) is 54.9 Å². The van der Waals surface area contributed by atoms with Crippen molar-refractivity contribution >= 4 is 34.6 Å². The van der Waals surface area contributed by atoms with Crippen LogP contribution >= 0.6 is 0 Å². The summed E-state index contributed by atoms with van der Waals surface area (Å²) in [6.45, 7) is 3.33. The van der Waals surface area contributed by atoms with Crippen LogP contribution in [-0.4, -0.2) is 51.8 Å². The second kappa shape index (κ2) is 7.61. The molecule has 32 heavy (non-hydrogen) atoms. The van der Waals surface area contributed by atoms with Crippen LogP contribution in [0.25, 0.3) is 16.9 Å². The molecular weight excluding hydrogens is 406 g/mol. The summed E-state index contributed by atoms with van der Waals surface area (Å²) in [4.78, 5) is 22.8. The van der Waals surface area contributed by atoms with Crippen LogP contribution in [-0.2, 0) is 16.0 Å². The summed E-state index contributed by atoms with van der Waals surface area (Å²) in [5.74, 6) is 0.486. The van der Waals surface area contributed by atoms with Crippen molar-refractivity contribution in [2.24, 2.45) is 0 Å². The lowest BCUT2D eigenvalue weighted by Crippen LogP contribution is -2.36. The first kappa shape index (κ1) is 18.8. The van der Waals surface area contributed by atoms with Crippen LogP contribution in [0.2, 0.25) is 0 Å². The molecule has 0 bridgehead atoms. The number of aromatic nitrogens is 4. The third-order valence-electron chi connectivity index (χ3n) is 5.77. The van der Waals surface area contributed by atoms with E-state index in [1.807, 2.05) is 18.2 Å². The van der Waals surface area contributed by atoms with Gasteiger partial charge in [-0.1, -0.05) is 12.1 Å². The number of nitrogens with zero attached hydrogens (tertiary/aromatic N) is 5. The van der Waals surface area contributed by atoms with E-state index in [9.17, 15) is 4.79 Å². The number of hydrogen-bond acceptors (Lipinski definition) is 7. The van der Waals surface area contributed by atoms with Gasteiger partial charge in [-0.15, -0.1) is 5.10 Å². The zero-order chi connectivity index (χ0) is 21.5. The number of ether oxygens (including phenoxy) is 1. The highest BCUT2D eigenvalue weighted by molar-refractivity contribution is 5.99. The number of benzene rings is 2. The Morgan fingerprint density at radius 1 is 1.03 bits per heavy atom. The Labute approximate surface area is 184 Å². The van der Waals surface area contributed by atoms with Crippen molar-refractivity contribution in [3.63, 3.8) is 0 Å². The van der Waals surface area contributed by atoms with Crippen molar-refractivity contribution in [2.75, 3.05) is 41.8 Å². The van der Waals surface area contributed by atoms with Gasteiger partial charge >= 0.3 is 0 Å². The Balaban J connectivity index is 1.28. The standard InChI is InChI=1S/C23H21N7O2/c31-22-12-16-11-17(3-6-19(16)26-22)25-23-27-21-14-24-13-20(30(21)28-23)15-1-4-18(5-2-15)29-7-9-32-10-8-29/h1-6,11,13-14H,7-10,12H2,(H,25,28)(H,26,31). The number of carbonyl (C=O) groups is 1. The van der Waals surface area contributed by atoms with E-state index in [4.69, 9.17) is 4.74 Å². The summed E-state index contributed by atoms with van der Waals surface area (Å²) in [6, 6.07) is 14.1. The molecule has 2 aromatic carbocycles. The molecule has 6 rings (SSSR count). The third kappa shape index (κ3) is 3.42. The van der Waals surface area contributed by atoms with Crippen LogP contribution in [0, 0.1) is 0 Å². The van der Waals surface area contributed by atoms with Crippen molar-refractivity contribution < 1.29 is 9.53 Å².